The number of aliphatic hydroxyl groups excluding tert-OH is 1. The molecule has 1 aliphatic carbocycles. The van der Waals surface area contributed by atoms with E-state index >= 15 is 0 Å². The fourth-order valence-electron chi connectivity index (χ4n) is 3.24. The highest BCUT2D eigenvalue weighted by Gasteiger charge is 2.30. The fraction of sp³-hybridized carbons (Fsp3) is 0.625. The Morgan fingerprint density at radius 3 is 2.71 bits per heavy atom. The molecule has 0 bridgehead atoms. The van der Waals surface area contributed by atoms with Gasteiger partial charge in [0.15, 0.2) is 0 Å². The zero-order chi connectivity index (χ0) is 15.6. The second-order valence-electron chi connectivity index (χ2n) is 6.39. The van der Waals surface area contributed by atoms with Gasteiger partial charge in [0.1, 0.15) is 0 Å². The highest BCUT2D eigenvalue weighted by Crippen LogP contribution is 2.36. The third kappa shape index (κ3) is 3.79. The van der Waals surface area contributed by atoms with Gasteiger partial charge in [-0.1, -0.05) is 19.9 Å². The molecular weight excluding hydrogens is 273 g/mol. The van der Waals surface area contributed by atoms with Gasteiger partial charge in [-0.2, -0.15) is 4.39 Å². The number of rotatable bonds is 4. The van der Waals surface area contributed by atoms with Crippen LogP contribution >= 0.6 is 0 Å². The molecule has 1 aromatic rings. The number of aliphatic hydroxyl groups is 1. The summed E-state index contributed by atoms with van der Waals surface area (Å²) in [6.07, 6.45) is 2.95. The van der Waals surface area contributed by atoms with E-state index in [0.29, 0.717) is 23.8 Å². The lowest BCUT2D eigenvalue weighted by atomic mass is 9.73. The van der Waals surface area contributed by atoms with Crippen molar-refractivity contribution in [2.75, 3.05) is 0 Å². The number of halogens is 1. The second-order valence-corrected chi connectivity index (χ2v) is 6.39. The molecule has 4 nitrogen and oxygen atoms in total. The molecule has 0 heterocycles. The number of nitrogens with zero attached hydrogens (tertiary/aromatic N) is 1. The molecule has 0 aromatic heterocycles. The predicted octanol–water partition coefficient (Wildman–Crippen LogP) is 3.71. The summed E-state index contributed by atoms with van der Waals surface area (Å²) in [4.78, 5) is 9.90. The second kappa shape index (κ2) is 6.52. The van der Waals surface area contributed by atoms with Crippen LogP contribution < -0.4 is 0 Å². The molecule has 1 saturated carbocycles. The predicted molar refractivity (Wildman–Crippen MR) is 78.4 cm³/mol. The summed E-state index contributed by atoms with van der Waals surface area (Å²) in [5.41, 5.74) is 0.217. The maximum absolute atomic E-state index is 13.7. The normalized spacial score (nSPS) is 26.0. The number of nitro groups is 1. The van der Waals surface area contributed by atoms with Crippen LogP contribution in [0, 0.1) is 33.7 Å². The molecule has 5 heteroatoms. The SMILES string of the molecule is CC(C)C1CCC(O)C(Cc2ccc([N+](=O)[O-])c(F)c2)C1. The quantitative estimate of drug-likeness (QED) is 0.680. The Bertz CT molecular complexity index is 518. The molecule has 0 amide bonds. The average molecular weight is 295 g/mol. The van der Waals surface area contributed by atoms with E-state index in [2.05, 4.69) is 13.8 Å². The lowest BCUT2D eigenvalue weighted by Gasteiger charge is -2.35. The van der Waals surface area contributed by atoms with Crippen molar-refractivity contribution in [3.8, 4) is 0 Å². The lowest BCUT2D eigenvalue weighted by Crippen LogP contribution is -2.32. The summed E-state index contributed by atoms with van der Waals surface area (Å²) in [6, 6.07) is 4.02. The Hall–Kier alpha value is -1.49. The van der Waals surface area contributed by atoms with Crippen LogP contribution in [0.15, 0.2) is 18.2 Å². The molecule has 0 saturated heterocycles. The van der Waals surface area contributed by atoms with Crippen LogP contribution in [0.3, 0.4) is 0 Å². The van der Waals surface area contributed by atoms with Crippen LogP contribution in [-0.4, -0.2) is 16.1 Å². The Morgan fingerprint density at radius 1 is 1.43 bits per heavy atom. The first kappa shape index (κ1) is 15.9. The first-order chi connectivity index (χ1) is 9.88. The molecule has 21 heavy (non-hydrogen) atoms. The van der Waals surface area contributed by atoms with Crippen LogP contribution in [0.2, 0.25) is 0 Å². The molecule has 116 valence electrons. The van der Waals surface area contributed by atoms with Crippen molar-refractivity contribution < 1.29 is 14.4 Å². The average Bonchev–Trinajstić information content (AvgIpc) is 2.40. The van der Waals surface area contributed by atoms with Gasteiger partial charge < -0.3 is 5.11 Å². The van der Waals surface area contributed by atoms with Crippen molar-refractivity contribution in [3.63, 3.8) is 0 Å². The van der Waals surface area contributed by atoms with Gasteiger partial charge in [0.25, 0.3) is 0 Å². The molecule has 0 radical (unpaired) electrons. The molecule has 1 fully saturated rings. The van der Waals surface area contributed by atoms with Crippen molar-refractivity contribution in [2.45, 2.75) is 45.6 Å². The summed E-state index contributed by atoms with van der Waals surface area (Å²) in [7, 11) is 0. The van der Waals surface area contributed by atoms with Gasteiger partial charge in [0.05, 0.1) is 11.0 Å². The first-order valence-electron chi connectivity index (χ1n) is 7.49. The molecule has 1 aliphatic rings. The Labute approximate surface area is 124 Å². The van der Waals surface area contributed by atoms with Crippen LogP contribution in [0.1, 0.15) is 38.7 Å². The van der Waals surface area contributed by atoms with Gasteiger partial charge in [-0.3, -0.25) is 10.1 Å². The van der Waals surface area contributed by atoms with Crippen LogP contribution in [0.25, 0.3) is 0 Å². The molecule has 0 aliphatic heterocycles. The minimum atomic E-state index is -0.803. The van der Waals surface area contributed by atoms with Gasteiger partial charge in [-0.15, -0.1) is 0 Å². The minimum absolute atomic E-state index is 0.104. The van der Waals surface area contributed by atoms with Gasteiger partial charge in [0, 0.05) is 6.07 Å². The van der Waals surface area contributed by atoms with Crippen LogP contribution in [0.5, 0.6) is 0 Å². The lowest BCUT2D eigenvalue weighted by molar-refractivity contribution is -0.387. The van der Waals surface area contributed by atoms with Crippen molar-refractivity contribution in [1.82, 2.24) is 0 Å². The van der Waals surface area contributed by atoms with Crippen LogP contribution in [-0.2, 0) is 6.42 Å². The van der Waals surface area contributed by atoms with E-state index in [1.807, 2.05) is 0 Å². The highest BCUT2D eigenvalue weighted by molar-refractivity contribution is 5.35. The Balaban J connectivity index is 2.09. The van der Waals surface area contributed by atoms with Gasteiger partial charge >= 0.3 is 5.69 Å². The number of hydrogen-bond donors (Lipinski definition) is 1. The van der Waals surface area contributed by atoms with Crippen molar-refractivity contribution >= 4 is 5.69 Å². The first-order valence-corrected chi connectivity index (χ1v) is 7.49. The molecule has 3 atom stereocenters. The van der Waals surface area contributed by atoms with Crippen molar-refractivity contribution in [2.24, 2.45) is 17.8 Å². The number of nitro benzene ring substituents is 1. The van der Waals surface area contributed by atoms with Gasteiger partial charge in [-0.25, -0.2) is 0 Å². The smallest absolute Gasteiger partial charge is 0.304 e. The minimum Gasteiger partial charge on any atom is -0.393 e. The number of benzene rings is 1. The van der Waals surface area contributed by atoms with Crippen molar-refractivity contribution in [1.29, 1.82) is 0 Å². The van der Waals surface area contributed by atoms with Crippen LogP contribution in [0.4, 0.5) is 10.1 Å². The summed E-state index contributed by atoms with van der Waals surface area (Å²) < 4.78 is 13.7. The van der Waals surface area contributed by atoms with E-state index in [0.717, 1.165) is 19.3 Å². The Kier molecular flexibility index (Phi) is 4.93. The van der Waals surface area contributed by atoms with E-state index in [1.165, 1.54) is 12.1 Å². The summed E-state index contributed by atoms with van der Waals surface area (Å²) in [5.74, 6) is 0.463. The standard InChI is InChI=1S/C16H22FNO3/c1-10(2)12-4-6-16(19)13(9-12)7-11-3-5-15(18(20)21)14(17)8-11/h3,5,8,10,12-13,16,19H,4,6-7,9H2,1-2H3. The van der Waals surface area contributed by atoms with Gasteiger partial charge in [-0.05, 0) is 55.1 Å². The number of hydrogen-bond acceptors (Lipinski definition) is 3. The van der Waals surface area contributed by atoms with Gasteiger partial charge in [0.2, 0.25) is 5.82 Å². The van der Waals surface area contributed by atoms with E-state index in [-0.39, 0.29) is 12.0 Å². The molecular formula is C16H22FNO3. The zero-order valence-electron chi connectivity index (χ0n) is 12.5. The third-order valence-corrected chi connectivity index (χ3v) is 4.63. The topological polar surface area (TPSA) is 63.4 Å². The Morgan fingerprint density at radius 2 is 2.14 bits per heavy atom. The highest BCUT2D eigenvalue weighted by atomic mass is 19.1. The molecule has 2 rings (SSSR count). The largest absolute Gasteiger partial charge is 0.393 e. The fourth-order valence-corrected chi connectivity index (χ4v) is 3.24. The third-order valence-electron chi connectivity index (χ3n) is 4.63. The maximum atomic E-state index is 13.7. The summed E-state index contributed by atoms with van der Waals surface area (Å²) in [6.45, 7) is 4.37. The van der Waals surface area contributed by atoms with E-state index in [1.54, 1.807) is 6.07 Å². The monoisotopic (exact) mass is 295 g/mol. The van der Waals surface area contributed by atoms with E-state index in [4.69, 9.17) is 0 Å². The molecule has 3 unspecified atom stereocenters. The molecule has 1 N–H and O–H groups in total. The maximum Gasteiger partial charge on any atom is 0.304 e. The van der Waals surface area contributed by atoms with Crippen molar-refractivity contribution in [3.05, 3.63) is 39.7 Å². The zero-order valence-corrected chi connectivity index (χ0v) is 12.5. The summed E-state index contributed by atoms with van der Waals surface area (Å²) >= 11 is 0. The molecule has 0 spiro atoms. The summed E-state index contributed by atoms with van der Waals surface area (Å²) in [5, 5.41) is 20.8. The van der Waals surface area contributed by atoms with E-state index < -0.39 is 16.4 Å². The molecule has 1 aromatic carbocycles. The van der Waals surface area contributed by atoms with E-state index in [9.17, 15) is 19.6 Å².